The zero-order valence-electron chi connectivity index (χ0n) is 7.64. The summed E-state index contributed by atoms with van der Waals surface area (Å²) in [4.78, 5) is 0. The Morgan fingerprint density at radius 3 is 2.46 bits per heavy atom. The van der Waals surface area contributed by atoms with Gasteiger partial charge in [0.1, 0.15) is 0 Å². The number of benzene rings is 1. The van der Waals surface area contributed by atoms with E-state index in [0.717, 1.165) is 5.56 Å². The summed E-state index contributed by atoms with van der Waals surface area (Å²) in [6, 6.07) is 11.7. The number of rotatable bonds is 3. The van der Waals surface area contributed by atoms with Gasteiger partial charge in [-0.2, -0.15) is 5.26 Å². The van der Waals surface area contributed by atoms with E-state index in [0.29, 0.717) is 6.42 Å². The Morgan fingerprint density at radius 2 is 2.00 bits per heavy atom. The normalized spacial score (nSPS) is 14.5. The summed E-state index contributed by atoms with van der Waals surface area (Å²) >= 11 is 0. The Kier molecular flexibility index (Phi) is 3.48. The average Bonchev–Trinajstić information content (AvgIpc) is 2.15. The fourth-order valence-electron chi connectivity index (χ4n) is 1.29. The molecule has 0 saturated carbocycles. The van der Waals surface area contributed by atoms with E-state index in [9.17, 15) is 0 Å². The van der Waals surface area contributed by atoms with Gasteiger partial charge in [-0.05, 0) is 18.9 Å². The predicted octanol–water partition coefficient (Wildman–Crippen LogP) is 2.06. The maximum absolute atomic E-state index is 9.16. The molecule has 0 saturated heterocycles. The van der Waals surface area contributed by atoms with E-state index >= 15 is 0 Å². The van der Waals surface area contributed by atoms with Gasteiger partial charge in [-0.15, -0.1) is 0 Å². The maximum atomic E-state index is 9.16. The van der Waals surface area contributed by atoms with E-state index in [1.165, 1.54) is 0 Å². The molecule has 68 valence electrons. The molecule has 1 N–H and O–H groups in total. The maximum Gasteiger partial charge on any atom is 0.0737 e. The minimum absolute atomic E-state index is 0.193. The Balaban J connectivity index is 2.75. The second-order valence-corrected chi connectivity index (χ2v) is 3.18. The third-order valence-corrected chi connectivity index (χ3v) is 1.93. The Morgan fingerprint density at radius 1 is 1.38 bits per heavy atom. The quantitative estimate of drug-likeness (QED) is 0.764. The number of aliphatic hydroxyl groups is 1. The number of nitrogens with zero attached hydrogens (tertiary/aromatic N) is 1. The lowest BCUT2D eigenvalue weighted by Gasteiger charge is -2.10. The lowest BCUT2D eigenvalue weighted by molar-refractivity contribution is 0.180. The molecule has 0 unspecified atom stereocenters. The summed E-state index contributed by atoms with van der Waals surface area (Å²) in [5.41, 5.74) is 0.978. The molecule has 1 aromatic rings. The Bertz CT molecular complexity index is 287. The topological polar surface area (TPSA) is 44.0 Å². The van der Waals surface area contributed by atoms with E-state index < -0.39 is 6.10 Å². The van der Waals surface area contributed by atoms with Crippen LogP contribution in [0.15, 0.2) is 30.3 Å². The fraction of sp³-hybridized carbons (Fsp3) is 0.364. The Labute approximate surface area is 78.4 Å². The van der Waals surface area contributed by atoms with E-state index in [1.807, 2.05) is 30.3 Å². The first-order chi connectivity index (χ1) is 6.24. The molecule has 0 amide bonds. The minimum atomic E-state index is -0.426. The van der Waals surface area contributed by atoms with Crippen molar-refractivity contribution in [2.75, 3.05) is 0 Å². The molecule has 2 atom stereocenters. The zero-order chi connectivity index (χ0) is 9.68. The molecule has 0 bridgehead atoms. The average molecular weight is 175 g/mol. The third kappa shape index (κ3) is 2.89. The molecule has 1 aromatic carbocycles. The van der Waals surface area contributed by atoms with Crippen LogP contribution in [0.4, 0.5) is 0 Å². The first-order valence-electron chi connectivity index (χ1n) is 4.36. The van der Waals surface area contributed by atoms with Gasteiger partial charge in [0.05, 0.1) is 18.1 Å². The molecule has 0 spiro atoms. The van der Waals surface area contributed by atoms with Crippen LogP contribution in [0.5, 0.6) is 0 Å². The summed E-state index contributed by atoms with van der Waals surface area (Å²) in [5.74, 6) is -0.193. The van der Waals surface area contributed by atoms with Gasteiger partial charge in [0.2, 0.25) is 0 Å². The van der Waals surface area contributed by atoms with E-state index in [2.05, 4.69) is 6.07 Å². The summed E-state index contributed by atoms with van der Waals surface area (Å²) in [6.07, 6.45) is 0.0745. The van der Waals surface area contributed by atoms with Gasteiger partial charge in [-0.1, -0.05) is 30.3 Å². The highest BCUT2D eigenvalue weighted by atomic mass is 16.3. The van der Waals surface area contributed by atoms with E-state index in [1.54, 1.807) is 6.92 Å². The van der Waals surface area contributed by atoms with Crippen molar-refractivity contribution in [3.05, 3.63) is 35.9 Å². The minimum Gasteiger partial charge on any atom is -0.393 e. The smallest absolute Gasteiger partial charge is 0.0737 e. The largest absolute Gasteiger partial charge is 0.393 e. The summed E-state index contributed by atoms with van der Waals surface area (Å²) in [5, 5.41) is 18.0. The van der Waals surface area contributed by atoms with Gasteiger partial charge in [0.15, 0.2) is 0 Å². The molecule has 0 heterocycles. The van der Waals surface area contributed by atoms with Crippen molar-refractivity contribution in [1.29, 1.82) is 5.26 Å². The zero-order valence-corrected chi connectivity index (χ0v) is 7.64. The second-order valence-electron chi connectivity index (χ2n) is 3.18. The monoisotopic (exact) mass is 175 g/mol. The van der Waals surface area contributed by atoms with Gasteiger partial charge in [-0.25, -0.2) is 0 Å². The molecule has 0 aromatic heterocycles. The predicted molar refractivity (Wildman–Crippen MR) is 51.1 cm³/mol. The summed E-state index contributed by atoms with van der Waals surface area (Å²) in [7, 11) is 0. The standard InChI is InChI=1S/C11H13NO/c1-9(13)7-11(8-12)10-5-3-2-4-6-10/h2-6,9,11,13H,7H2,1H3/t9-,11-/m1/s1. The van der Waals surface area contributed by atoms with E-state index in [-0.39, 0.29) is 5.92 Å². The molecule has 0 radical (unpaired) electrons. The highest BCUT2D eigenvalue weighted by Gasteiger charge is 2.12. The molecule has 0 aliphatic heterocycles. The van der Waals surface area contributed by atoms with Crippen LogP contribution < -0.4 is 0 Å². The number of aliphatic hydroxyl groups excluding tert-OH is 1. The molecule has 1 rings (SSSR count). The van der Waals surface area contributed by atoms with Crippen molar-refractivity contribution >= 4 is 0 Å². The van der Waals surface area contributed by atoms with Gasteiger partial charge in [0.25, 0.3) is 0 Å². The SMILES string of the molecule is C[C@@H](O)C[C@H](C#N)c1ccccc1. The van der Waals surface area contributed by atoms with Crippen molar-refractivity contribution < 1.29 is 5.11 Å². The lowest BCUT2D eigenvalue weighted by Crippen LogP contribution is -2.06. The first-order valence-corrected chi connectivity index (χ1v) is 4.36. The molecular weight excluding hydrogens is 162 g/mol. The van der Waals surface area contributed by atoms with Crippen molar-refractivity contribution in [1.82, 2.24) is 0 Å². The van der Waals surface area contributed by atoms with Crippen LogP contribution in [-0.4, -0.2) is 11.2 Å². The number of nitriles is 1. The molecule has 0 aliphatic carbocycles. The third-order valence-electron chi connectivity index (χ3n) is 1.93. The number of hydrogen-bond acceptors (Lipinski definition) is 2. The van der Waals surface area contributed by atoms with Crippen molar-refractivity contribution in [2.45, 2.75) is 25.4 Å². The van der Waals surface area contributed by atoms with Gasteiger partial charge < -0.3 is 5.11 Å². The molecule has 0 fully saturated rings. The van der Waals surface area contributed by atoms with Crippen LogP contribution in [0.3, 0.4) is 0 Å². The highest BCUT2D eigenvalue weighted by Crippen LogP contribution is 2.19. The van der Waals surface area contributed by atoms with Gasteiger partial charge in [0, 0.05) is 0 Å². The van der Waals surface area contributed by atoms with Crippen LogP contribution in [0.1, 0.15) is 24.8 Å². The van der Waals surface area contributed by atoms with Crippen molar-refractivity contribution in [3.63, 3.8) is 0 Å². The molecule has 2 heteroatoms. The van der Waals surface area contributed by atoms with Crippen LogP contribution in [0.25, 0.3) is 0 Å². The number of hydrogen-bond donors (Lipinski definition) is 1. The molecule has 0 aliphatic rings. The first kappa shape index (κ1) is 9.76. The lowest BCUT2D eigenvalue weighted by atomic mass is 9.95. The van der Waals surface area contributed by atoms with Crippen LogP contribution in [0.2, 0.25) is 0 Å². The summed E-state index contributed by atoms with van der Waals surface area (Å²) < 4.78 is 0. The Hall–Kier alpha value is -1.33. The summed E-state index contributed by atoms with van der Waals surface area (Å²) in [6.45, 7) is 1.70. The second kappa shape index (κ2) is 4.64. The van der Waals surface area contributed by atoms with Crippen molar-refractivity contribution in [2.24, 2.45) is 0 Å². The van der Waals surface area contributed by atoms with Gasteiger partial charge in [-0.3, -0.25) is 0 Å². The molecule has 2 nitrogen and oxygen atoms in total. The van der Waals surface area contributed by atoms with E-state index in [4.69, 9.17) is 10.4 Å². The van der Waals surface area contributed by atoms with Crippen LogP contribution in [0, 0.1) is 11.3 Å². The van der Waals surface area contributed by atoms with Crippen LogP contribution >= 0.6 is 0 Å². The van der Waals surface area contributed by atoms with Gasteiger partial charge >= 0.3 is 0 Å². The molecule has 13 heavy (non-hydrogen) atoms. The van der Waals surface area contributed by atoms with Crippen LogP contribution in [-0.2, 0) is 0 Å². The fourth-order valence-corrected chi connectivity index (χ4v) is 1.29. The van der Waals surface area contributed by atoms with Crippen molar-refractivity contribution in [3.8, 4) is 6.07 Å². The molecular formula is C11H13NO. The highest BCUT2D eigenvalue weighted by molar-refractivity contribution is 5.24.